The SMILES string of the molecule is CCCC[C@H](C(=O)Nc1cc(C)on1)N1CC(n2nc(C)cc2C)C1. The average molecular weight is 345 g/mol. The van der Waals surface area contributed by atoms with Crippen molar-refractivity contribution in [2.45, 2.75) is 59.0 Å². The number of carbonyl (C=O) groups is 1. The second kappa shape index (κ2) is 7.39. The summed E-state index contributed by atoms with van der Waals surface area (Å²) in [5.41, 5.74) is 2.22. The van der Waals surface area contributed by atoms with E-state index in [1.807, 2.05) is 13.8 Å². The summed E-state index contributed by atoms with van der Waals surface area (Å²) < 4.78 is 7.11. The summed E-state index contributed by atoms with van der Waals surface area (Å²) in [6, 6.07) is 4.05. The van der Waals surface area contributed by atoms with Crippen LogP contribution in [0.3, 0.4) is 0 Å². The summed E-state index contributed by atoms with van der Waals surface area (Å²) in [5.74, 6) is 1.17. The van der Waals surface area contributed by atoms with Gasteiger partial charge in [0, 0.05) is 24.8 Å². The molecule has 0 saturated carbocycles. The van der Waals surface area contributed by atoms with Gasteiger partial charge in [-0.2, -0.15) is 5.10 Å². The summed E-state index contributed by atoms with van der Waals surface area (Å²) >= 11 is 0. The third-order valence-electron chi connectivity index (χ3n) is 4.73. The van der Waals surface area contributed by atoms with Gasteiger partial charge in [-0.1, -0.05) is 24.9 Å². The molecule has 0 unspecified atom stereocenters. The Morgan fingerprint density at radius 2 is 2.12 bits per heavy atom. The minimum Gasteiger partial charge on any atom is -0.360 e. The summed E-state index contributed by atoms with van der Waals surface area (Å²) in [7, 11) is 0. The summed E-state index contributed by atoms with van der Waals surface area (Å²) in [5, 5.41) is 11.3. The van der Waals surface area contributed by atoms with Gasteiger partial charge in [0.05, 0.1) is 17.8 Å². The number of aryl methyl sites for hydroxylation is 3. The Kier molecular flexibility index (Phi) is 5.22. The summed E-state index contributed by atoms with van der Waals surface area (Å²) in [6.07, 6.45) is 2.95. The van der Waals surface area contributed by atoms with Crippen LogP contribution in [-0.4, -0.2) is 44.9 Å². The second-order valence-electron chi connectivity index (χ2n) is 6.95. The number of unbranched alkanes of at least 4 members (excludes halogenated alkanes) is 1. The van der Waals surface area contributed by atoms with Crippen LogP contribution in [0.15, 0.2) is 16.7 Å². The van der Waals surface area contributed by atoms with Gasteiger partial charge in [-0.15, -0.1) is 0 Å². The lowest BCUT2D eigenvalue weighted by Gasteiger charge is -2.43. The number of anilines is 1. The normalized spacial score (nSPS) is 16.6. The zero-order valence-electron chi connectivity index (χ0n) is 15.5. The number of amides is 1. The van der Waals surface area contributed by atoms with Gasteiger partial charge in [0.1, 0.15) is 5.76 Å². The molecular formula is C18H27N5O2. The topological polar surface area (TPSA) is 76.2 Å². The van der Waals surface area contributed by atoms with Crippen LogP contribution in [0.1, 0.15) is 49.4 Å². The van der Waals surface area contributed by atoms with Crippen LogP contribution in [-0.2, 0) is 4.79 Å². The van der Waals surface area contributed by atoms with Crippen LogP contribution in [0.4, 0.5) is 5.82 Å². The molecule has 1 aliphatic rings. The van der Waals surface area contributed by atoms with Gasteiger partial charge in [-0.3, -0.25) is 14.4 Å². The molecule has 2 aromatic rings. The fourth-order valence-electron chi connectivity index (χ4n) is 3.42. The fraction of sp³-hybridized carbons (Fsp3) is 0.611. The van der Waals surface area contributed by atoms with E-state index in [9.17, 15) is 4.79 Å². The first-order valence-corrected chi connectivity index (χ1v) is 8.99. The number of likely N-dealkylation sites (tertiary alicyclic amines) is 1. The molecule has 0 bridgehead atoms. The van der Waals surface area contributed by atoms with E-state index in [1.165, 1.54) is 5.69 Å². The van der Waals surface area contributed by atoms with Crippen LogP contribution < -0.4 is 5.32 Å². The molecule has 0 aromatic carbocycles. The van der Waals surface area contributed by atoms with Crippen molar-refractivity contribution < 1.29 is 9.32 Å². The largest absolute Gasteiger partial charge is 0.360 e. The van der Waals surface area contributed by atoms with E-state index in [0.717, 1.165) is 38.0 Å². The van der Waals surface area contributed by atoms with Crippen LogP contribution in [0, 0.1) is 20.8 Å². The number of rotatable bonds is 7. The zero-order valence-corrected chi connectivity index (χ0v) is 15.5. The number of nitrogens with zero attached hydrogens (tertiary/aromatic N) is 4. The summed E-state index contributed by atoms with van der Waals surface area (Å²) in [4.78, 5) is 15.0. The first kappa shape index (κ1) is 17.7. The van der Waals surface area contributed by atoms with Gasteiger partial charge >= 0.3 is 0 Å². The van der Waals surface area contributed by atoms with Gasteiger partial charge in [0.15, 0.2) is 5.82 Å². The molecule has 7 nitrogen and oxygen atoms in total. The zero-order chi connectivity index (χ0) is 18.0. The third-order valence-corrected chi connectivity index (χ3v) is 4.73. The van der Waals surface area contributed by atoms with E-state index in [2.05, 4.69) is 45.1 Å². The van der Waals surface area contributed by atoms with Crippen molar-refractivity contribution in [3.05, 3.63) is 29.3 Å². The van der Waals surface area contributed by atoms with E-state index in [-0.39, 0.29) is 11.9 Å². The van der Waals surface area contributed by atoms with Crippen molar-refractivity contribution >= 4 is 11.7 Å². The minimum absolute atomic E-state index is 0.00596. The maximum Gasteiger partial charge on any atom is 0.242 e. The average Bonchev–Trinajstić information content (AvgIpc) is 3.06. The Bertz CT molecular complexity index is 730. The van der Waals surface area contributed by atoms with Gasteiger partial charge in [-0.25, -0.2) is 0 Å². The molecule has 0 radical (unpaired) electrons. The predicted octanol–water partition coefficient (Wildman–Crippen LogP) is 2.85. The molecule has 2 aromatic heterocycles. The van der Waals surface area contributed by atoms with E-state index < -0.39 is 0 Å². The van der Waals surface area contributed by atoms with Crippen LogP contribution in [0.5, 0.6) is 0 Å². The standard InChI is InChI=1S/C18H27N5O2/c1-5-6-7-16(18(24)19-17-9-14(4)25-21-17)22-10-15(11-22)23-13(3)8-12(2)20-23/h8-9,15-16H,5-7,10-11H2,1-4H3,(H,19,21,24)/t16-/m1/s1. The molecule has 25 heavy (non-hydrogen) atoms. The number of hydrogen-bond donors (Lipinski definition) is 1. The highest BCUT2D eigenvalue weighted by molar-refractivity contribution is 5.94. The van der Waals surface area contributed by atoms with E-state index in [1.54, 1.807) is 6.07 Å². The molecule has 3 rings (SSSR count). The Balaban J connectivity index is 1.63. The molecule has 1 aliphatic heterocycles. The quantitative estimate of drug-likeness (QED) is 0.835. The fourth-order valence-corrected chi connectivity index (χ4v) is 3.42. The maximum absolute atomic E-state index is 12.7. The lowest BCUT2D eigenvalue weighted by molar-refractivity contribution is -0.124. The van der Waals surface area contributed by atoms with Gasteiger partial charge in [0.2, 0.25) is 5.91 Å². The van der Waals surface area contributed by atoms with Gasteiger partial charge in [0.25, 0.3) is 0 Å². The Labute approximate surface area is 148 Å². The van der Waals surface area contributed by atoms with Crippen molar-refractivity contribution in [2.75, 3.05) is 18.4 Å². The van der Waals surface area contributed by atoms with Crippen molar-refractivity contribution in [1.29, 1.82) is 0 Å². The monoisotopic (exact) mass is 345 g/mol. The van der Waals surface area contributed by atoms with Crippen molar-refractivity contribution in [1.82, 2.24) is 19.8 Å². The third kappa shape index (κ3) is 3.92. The molecule has 136 valence electrons. The van der Waals surface area contributed by atoms with Crippen molar-refractivity contribution in [3.8, 4) is 0 Å². The van der Waals surface area contributed by atoms with Crippen molar-refractivity contribution in [2.24, 2.45) is 0 Å². The minimum atomic E-state index is -0.134. The molecule has 1 saturated heterocycles. The Morgan fingerprint density at radius 3 is 2.68 bits per heavy atom. The molecule has 7 heteroatoms. The van der Waals surface area contributed by atoms with Gasteiger partial charge in [-0.05, 0) is 33.3 Å². The molecule has 1 atom stereocenters. The number of nitrogens with one attached hydrogen (secondary N) is 1. The smallest absolute Gasteiger partial charge is 0.242 e. The molecular weight excluding hydrogens is 318 g/mol. The van der Waals surface area contributed by atoms with E-state index >= 15 is 0 Å². The van der Waals surface area contributed by atoms with Crippen LogP contribution in [0.2, 0.25) is 0 Å². The molecule has 1 N–H and O–H groups in total. The lowest BCUT2D eigenvalue weighted by atomic mass is 10.00. The van der Waals surface area contributed by atoms with Crippen LogP contribution in [0.25, 0.3) is 0 Å². The predicted molar refractivity (Wildman–Crippen MR) is 95.5 cm³/mol. The number of aromatic nitrogens is 3. The number of carbonyl (C=O) groups excluding carboxylic acids is 1. The highest BCUT2D eigenvalue weighted by Gasteiger charge is 2.37. The maximum atomic E-state index is 12.7. The van der Waals surface area contributed by atoms with Crippen molar-refractivity contribution in [3.63, 3.8) is 0 Å². The highest BCUT2D eigenvalue weighted by atomic mass is 16.5. The molecule has 0 aliphatic carbocycles. The second-order valence-corrected chi connectivity index (χ2v) is 6.95. The lowest BCUT2D eigenvalue weighted by Crippen LogP contribution is -2.56. The molecule has 1 fully saturated rings. The first-order chi connectivity index (χ1) is 12.0. The molecule has 3 heterocycles. The highest BCUT2D eigenvalue weighted by Crippen LogP contribution is 2.27. The Hall–Kier alpha value is -2.15. The van der Waals surface area contributed by atoms with E-state index in [4.69, 9.17) is 4.52 Å². The Morgan fingerprint density at radius 1 is 1.36 bits per heavy atom. The molecule has 0 spiro atoms. The first-order valence-electron chi connectivity index (χ1n) is 8.99. The van der Waals surface area contributed by atoms with E-state index in [0.29, 0.717) is 17.6 Å². The molecule has 1 amide bonds. The summed E-state index contributed by atoms with van der Waals surface area (Å²) in [6.45, 7) is 9.74. The van der Waals surface area contributed by atoms with Crippen LogP contribution >= 0.6 is 0 Å². The van der Waals surface area contributed by atoms with Gasteiger partial charge < -0.3 is 9.84 Å². The number of hydrogen-bond acceptors (Lipinski definition) is 5.